The topological polar surface area (TPSA) is 46.3 Å². The van der Waals surface area contributed by atoms with Crippen LogP contribution in [0.4, 0.5) is 11.4 Å². The number of nitrogens with zero attached hydrogens (tertiary/aromatic N) is 1. The van der Waals surface area contributed by atoms with Gasteiger partial charge in [-0.2, -0.15) is 0 Å². The summed E-state index contributed by atoms with van der Waals surface area (Å²) in [4.78, 5) is 14.3. The summed E-state index contributed by atoms with van der Waals surface area (Å²) in [6, 6.07) is 4.06. The van der Waals surface area contributed by atoms with Gasteiger partial charge in [0.2, 0.25) is 5.91 Å². The van der Waals surface area contributed by atoms with E-state index in [1.54, 1.807) is 0 Å². The molecular weight excluding hydrogens is 224 g/mol. The lowest BCUT2D eigenvalue weighted by Crippen LogP contribution is -2.35. The number of fused-ring (bicyclic) bond motifs is 1. The minimum atomic E-state index is 0.0541. The van der Waals surface area contributed by atoms with Crippen LogP contribution in [0.2, 0.25) is 0 Å². The minimum Gasteiger partial charge on any atom is -0.398 e. The second kappa shape index (κ2) is 4.63. The van der Waals surface area contributed by atoms with E-state index in [9.17, 15) is 4.79 Å². The molecule has 0 fully saturated rings. The summed E-state index contributed by atoms with van der Waals surface area (Å²) in [6.07, 6.45) is 0.938. The Hall–Kier alpha value is -1.51. The smallest absolute Gasteiger partial charge is 0.230 e. The van der Waals surface area contributed by atoms with Gasteiger partial charge in [0, 0.05) is 23.8 Å². The summed E-state index contributed by atoms with van der Waals surface area (Å²) in [5.41, 5.74) is 10.1. The second-order valence-corrected chi connectivity index (χ2v) is 5.61. The molecule has 2 N–H and O–H groups in total. The zero-order chi connectivity index (χ0) is 13.4. The minimum absolute atomic E-state index is 0.0541. The fourth-order valence-electron chi connectivity index (χ4n) is 2.34. The number of carbonyl (C=O) groups is 1. The first-order valence-electron chi connectivity index (χ1n) is 6.62. The van der Waals surface area contributed by atoms with Crippen molar-refractivity contribution >= 4 is 17.3 Å². The van der Waals surface area contributed by atoms with Crippen molar-refractivity contribution in [3.8, 4) is 0 Å². The Kier molecular flexibility index (Phi) is 3.33. The molecule has 3 heteroatoms. The highest BCUT2D eigenvalue weighted by atomic mass is 16.2. The molecule has 3 nitrogen and oxygen atoms in total. The Labute approximate surface area is 109 Å². The normalized spacial score (nSPS) is 15.9. The molecular formula is C15H22N2O. The third kappa shape index (κ3) is 2.09. The Morgan fingerprint density at radius 1 is 1.33 bits per heavy atom. The van der Waals surface area contributed by atoms with Gasteiger partial charge in [-0.05, 0) is 36.5 Å². The lowest BCUT2D eigenvalue weighted by molar-refractivity contribution is -0.122. The average Bonchev–Trinajstić information content (AvgIpc) is 2.70. The lowest BCUT2D eigenvalue weighted by atomic mass is 9.96. The number of anilines is 2. The van der Waals surface area contributed by atoms with Crippen molar-refractivity contribution in [2.45, 2.75) is 34.1 Å². The third-order valence-electron chi connectivity index (χ3n) is 4.02. The molecule has 0 aromatic heterocycles. The van der Waals surface area contributed by atoms with Gasteiger partial charge >= 0.3 is 0 Å². The van der Waals surface area contributed by atoms with Crippen molar-refractivity contribution in [1.82, 2.24) is 0 Å². The van der Waals surface area contributed by atoms with Gasteiger partial charge in [-0.3, -0.25) is 4.79 Å². The van der Waals surface area contributed by atoms with E-state index in [1.807, 2.05) is 24.8 Å². The van der Waals surface area contributed by atoms with Crippen LogP contribution in [0.3, 0.4) is 0 Å². The van der Waals surface area contributed by atoms with Crippen LogP contribution >= 0.6 is 0 Å². The molecule has 0 aliphatic carbocycles. The molecule has 0 spiro atoms. The number of aryl methyl sites for hydroxylation is 1. The number of carbonyl (C=O) groups excluding carboxylic acids is 1. The van der Waals surface area contributed by atoms with Gasteiger partial charge in [0.25, 0.3) is 0 Å². The quantitative estimate of drug-likeness (QED) is 0.816. The summed E-state index contributed by atoms with van der Waals surface area (Å²) in [5.74, 6) is 0.634. The molecule has 1 heterocycles. The van der Waals surface area contributed by atoms with Crippen LogP contribution in [0, 0.1) is 18.8 Å². The Bertz CT molecular complexity index is 480. The van der Waals surface area contributed by atoms with E-state index in [4.69, 9.17) is 5.73 Å². The van der Waals surface area contributed by atoms with Gasteiger partial charge < -0.3 is 10.6 Å². The molecule has 0 bridgehead atoms. The molecule has 0 saturated heterocycles. The van der Waals surface area contributed by atoms with Crippen LogP contribution in [0.25, 0.3) is 0 Å². The fraction of sp³-hybridized carbons (Fsp3) is 0.533. The van der Waals surface area contributed by atoms with Crippen molar-refractivity contribution in [1.29, 1.82) is 0 Å². The Morgan fingerprint density at radius 2 is 2.00 bits per heavy atom. The number of benzene rings is 1. The summed E-state index contributed by atoms with van der Waals surface area (Å²) >= 11 is 0. The molecule has 1 aromatic carbocycles. The van der Waals surface area contributed by atoms with Crippen LogP contribution in [0.1, 0.15) is 31.9 Å². The number of hydrogen-bond donors (Lipinski definition) is 1. The van der Waals surface area contributed by atoms with E-state index >= 15 is 0 Å². The van der Waals surface area contributed by atoms with Gasteiger partial charge in [0.15, 0.2) is 0 Å². The predicted octanol–water partition coefficient (Wildman–Crippen LogP) is 2.76. The first-order chi connectivity index (χ1) is 8.41. The molecule has 1 atom stereocenters. The zero-order valence-corrected chi connectivity index (χ0v) is 11.7. The average molecular weight is 246 g/mol. The molecule has 18 heavy (non-hydrogen) atoms. The molecule has 1 aliphatic heterocycles. The Morgan fingerprint density at radius 3 is 2.61 bits per heavy atom. The number of nitrogen functional groups attached to an aromatic ring is 1. The van der Waals surface area contributed by atoms with E-state index in [-0.39, 0.29) is 11.8 Å². The van der Waals surface area contributed by atoms with E-state index in [1.165, 1.54) is 5.56 Å². The van der Waals surface area contributed by atoms with Crippen molar-refractivity contribution in [2.75, 3.05) is 17.2 Å². The first-order valence-corrected chi connectivity index (χ1v) is 6.62. The molecule has 1 unspecified atom stereocenters. The molecule has 1 aliphatic rings. The number of hydrogen-bond acceptors (Lipinski definition) is 2. The summed E-state index contributed by atoms with van der Waals surface area (Å²) in [6.45, 7) is 8.97. The van der Waals surface area contributed by atoms with E-state index < -0.39 is 0 Å². The number of nitrogens with two attached hydrogens (primary N) is 1. The first kappa shape index (κ1) is 12.9. The predicted molar refractivity (Wildman–Crippen MR) is 75.7 cm³/mol. The molecule has 0 radical (unpaired) electrons. The number of rotatable bonds is 2. The largest absolute Gasteiger partial charge is 0.398 e. The molecule has 98 valence electrons. The summed E-state index contributed by atoms with van der Waals surface area (Å²) in [5, 5.41) is 0. The van der Waals surface area contributed by atoms with Gasteiger partial charge in [-0.15, -0.1) is 0 Å². The van der Waals surface area contributed by atoms with Crippen molar-refractivity contribution in [3.05, 3.63) is 23.3 Å². The third-order valence-corrected chi connectivity index (χ3v) is 4.02. The monoisotopic (exact) mass is 246 g/mol. The van der Waals surface area contributed by atoms with Crippen molar-refractivity contribution in [3.63, 3.8) is 0 Å². The highest BCUT2D eigenvalue weighted by Gasteiger charge is 2.29. The lowest BCUT2D eigenvalue weighted by Gasteiger charge is -2.24. The summed E-state index contributed by atoms with van der Waals surface area (Å²) < 4.78 is 0. The van der Waals surface area contributed by atoms with Crippen LogP contribution < -0.4 is 10.6 Å². The zero-order valence-electron chi connectivity index (χ0n) is 11.7. The Balaban J connectivity index is 2.32. The maximum Gasteiger partial charge on any atom is 0.230 e. The van der Waals surface area contributed by atoms with Gasteiger partial charge in [-0.25, -0.2) is 0 Å². The molecule has 1 aromatic rings. The fourth-order valence-corrected chi connectivity index (χ4v) is 2.34. The molecule has 2 rings (SSSR count). The van der Waals surface area contributed by atoms with Crippen LogP contribution in [0.15, 0.2) is 12.1 Å². The van der Waals surface area contributed by atoms with Gasteiger partial charge in [-0.1, -0.05) is 26.8 Å². The maximum absolute atomic E-state index is 12.4. The van der Waals surface area contributed by atoms with Crippen LogP contribution in [0.5, 0.6) is 0 Å². The van der Waals surface area contributed by atoms with Crippen molar-refractivity contribution < 1.29 is 4.79 Å². The van der Waals surface area contributed by atoms with E-state index in [0.29, 0.717) is 5.92 Å². The summed E-state index contributed by atoms with van der Waals surface area (Å²) in [7, 11) is 0. The van der Waals surface area contributed by atoms with Crippen LogP contribution in [-0.4, -0.2) is 12.5 Å². The second-order valence-electron chi connectivity index (χ2n) is 5.61. The SMILES string of the molecule is Cc1cc2c(cc1N)N(C(=O)C(C)C(C)C)CC2. The molecule has 0 saturated carbocycles. The standard InChI is InChI=1S/C15H22N2O/c1-9(2)11(4)15(18)17-6-5-12-7-10(3)13(16)8-14(12)17/h7-9,11H,5-6,16H2,1-4H3. The maximum atomic E-state index is 12.4. The van der Waals surface area contributed by atoms with Crippen LogP contribution in [-0.2, 0) is 11.2 Å². The van der Waals surface area contributed by atoms with Crippen molar-refractivity contribution in [2.24, 2.45) is 11.8 Å². The van der Waals surface area contributed by atoms with E-state index in [0.717, 1.165) is 29.9 Å². The van der Waals surface area contributed by atoms with E-state index in [2.05, 4.69) is 19.9 Å². The van der Waals surface area contributed by atoms with Gasteiger partial charge in [0.05, 0.1) is 0 Å². The highest BCUT2D eigenvalue weighted by molar-refractivity contribution is 5.97. The molecule has 1 amide bonds. The van der Waals surface area contributed by atoms with Gasteiger partial charge in [0.1, 0.15) is 0 Å². The number of amides is 1. The highest BCUT2D eigenvalue weighted by Crippen LogP contribution is 2.33.